The lowest BCUT2D eigenvalue weighted by atomic mass is 10.1. The Balaban J connectivity index is 2.60. The van der Waals surface area contributed by atoms with Crippen LogP contribution in [0.25, 0.3) is 4.98 Å². The van der Waals surface area contributed by atoms with Crippen LogP contribution in [0.1, 0.15) is 25.3 Å². The molecule has 0 spiro atoms. The SMILES string of the molecule is CCCCc1ccc([N+]#N)cc1. The molecule has 0 atom stereocenters. The number of benzene rings is 1. The molecule has 0 aromatic heterocycles. The Kier molecular flexibility index (Phi) is 3.28. The Hall–Kier alpha value is -1.36. The Labute approximate surface area is 72.9 Å². The third kappa shape index (κ3) is 2.35. The fourth-order valence-corrected chi connectivity index (χ4v) is 1.11. The van der Waals surface area contributed by atoms with Crippen molar-refractivity contribution in [1.29, 1.82) is 5.39 Å². The van der Waals surface area contributed by atoms with Gasteiger partial charge in [-0.15, -0.1) is 0 Å². The zero-order valence-electron chi connectivity index (χ0n) is 7.33. The van der Waals surface area contributed by atoms with Crippen molar-refractivity contribution in [2.24, 2.45) is 0 Å². The van der Waals surface area contributed by atoms with Gasteiger partial charge in [-0.3, -0.25) is 0 Å². The van der Waals surface area contributed by atoms with Crippen LogP contribution in [0.3, 0.4) is 0 Å². The highest BCUT2D eigenvalue weighted by molar-refractivity contribution is 5.44. The predicted molar refractivity (Wildman–Crippen MR) is 49.8 cm³/mol. The molecule has 62 valence electrons. The molecule has 0 saturated heterocycles. The minimum Gasteiger partial charge on any atom is -0.0654 e. The van der Waals surface area contributed by atoms with Gasteiger partial charge in [0.25, 0.3) is 0 Å². The molecule has 0 bridgehead atoms. The summed E-state index contributed by atoms with van der Waals surface area (Å²) >= 11 is 0. The van der Waals surface area contributed by atoms with Crippen LogP contribution in [-0.2, 0) is 6.42 Å². The van der Waals surface area contributed by atoms with E-state index in [-0.39, 0.29) is 0 Å². The van der Waals surface area contributed by atoms with Gasteiger partial charge in [-0.2, -0.15) is 0 Å². The van der Waals surface area contributed by atoms with Crippen LogP contribution in [-0.4, -0.2) is 0 Å². The molecule has 0 aliphatic rings. The molecule has 0 radical (unpaired) electrons. The van der Waals surface area contributed by atoms with Gasteiger partial charge in [0, 0.05) is 12.1 Å². The van der Waals surface area contributed by atoms with E-state index in [9.17, 15) is 0 Å². The minimum absolute atomic E-state index is 0.621. The molecular weight excluding hydrogens is 148 g/mol. The lowest BCUT2D eigenvalue weighted by Crippen LogP contribution is -1.82. The summed E-state index contributed by atoms with van der Waals surface area (Å²) < 4.78 is 0. The second-order valence-electron chi connectivity index (χ2n) is 2.87. The maximum absolute atomic E-state index is 8.43. The van der Waals surface area contributed by atoms with Crippen molar-refractivity contribution >= 4 is 5.69 Å². The quantitative estimate of drug-likeness (QED) is 0.623. The summed E-state index contributed by atoms with van der Waals surface area (Å²) in [6.45, 7) is 2.18. The molecule has 2 heteroatoms. The molecule has 0 unspecified atom stereocenters. The van der Waals surface area contributed by atoms with Crippen molar-refractivity contribution in [2.45, 2.75) is 26.2 Å². The van der Waals surface area contributed by atoms with Crippen molar-refractivity contribution in [3.05, 3.63) is 34.8 Å². The number of rotatable bonds is 3. The monoisotopic (exact) mass is 161 g/mol. The molecule has 1 aromatic rings. The van der Waals surface area contributed by atoms with Crippen molar-refractivity contribution in [3.63, 3.8) is 0 Å². The minimum atomic E-state index is 0.621. The molecule has 0 aliphatic carbocycles. The highest BCUT2D eigenvalue weighted by atomic mass is 14.8. The van der Waals surface area contributed by atoms with Gasteiger partial charge in [0.05, 0.1) is 0 Å². The fourth-order valence-electron chi connectivity index (χ4n) is 1.11. The average molecular weight is 161 g/mol. The maximum atomic E-state index is 8.43. The Bertz CT molecular complexity index is 269. The molecule has 2 nitrogen and oxygen atoms in total. The molecule has 1 aromatic carbocycles. The highest BCUT2D eigenvalue weighted by Crippen LogP contribution is 2.13. The molecule has 0 heterocycles. The molecular formula is C10H13N2+. The van der Waals surface area contributed by atoms with Crippen LogP contribution in [0.2, 0.25) is 0 Å². The molecule has 0 aliphatic heterocycles. The van der Waals surface area contributed by atoms with Crippen LogP contribution >= 0.6 is 0 Å². The Morgan fingerprint density at radius 2 is 1.92 bits per heavy atom. The number of unbranched alkanes of at least 4 members (excludes halogenated alkanes) is 1. The third-order valence-electron chi connectivity index (χ3n) is 1.87. The highest BCUT2D eigenvalue weighted by Gasteiger charge is 2.01. The van der Waals surface area contributed by atoms with Gasteiger partial charge in [0.15, 0.2) is 4.98 Å². The van der Waals surface area contributed by atoms with E-state index < -0.39 is 0 Å². The number of hydrogen-bond donors (Lipinski definition) is 0. The topological polar surface area (TPSA) is 28.1 Å². The summed E-state index contributed by atoms with van der Waals surface area (Å²) in [5.41, 5.74) is 1.93. The van der Waals surface area contributed by atoms with E-state index in [1.54, 1.807) is 0 Å². The first kappa shape index (κ1) is 8.73. The normalized spacial score (nSPS) is 9.33. The molecule has 1 rings (SSSR count). The summed E-state index contributed by atoms with van der Waals surface area (Å²) in [7, 11) is 0. The standard InChI is InChI=1S/C10H13N2/c1-2-3-4-9-5-7-10(12-11)8-6-9/h5-8H,2-4H2,1H3/q+1. The first-order valence-corrected chi connectivity index (χ1v) is 4.31. The van der Waals surface area contributed by atoms with E-state index in [0.717, 1.165) is 6.42 Å². The lowest BCUT2D eigenvalue weighted by molar-refractivity contribution is 0.795. The van der Waals surface area contributed by atoms with E-state index >= 15 is 0 Å². The Morgan fingerprint density at radius 1 is 1.25 bits per heavy atom. The first-order chi connectivity index (χ1) is 5.86. The Morgan fingerprint density at radius 3 is 2.42 bits per heavy atom. The molecule has 12 heavy (non-hydrogen) atoms. The summed E-state index contributed by atoms with van der Waals surface area (Å²) in [6.07, 6.45) is 3.55. The molecule has 0 N–H and O–H groups in total. The zero-order valence-corrected chi connectivity index (χ0v) is 7.33. The summed E-state index contributed by atoms with van der Waals surface area (Å²) in [5, 5.41) is 8.43. The summed E-state index contributed by atoms with van der Waals surface area (Å²) in [5.74, 6) is 0. The van der Waals surface area contributed by atoms with Crippen molar-refractivity contribution < 1.29 is 0 Å². The van der Waals surface area contributed by atoms with Gasteiger partial charge in [-0.05, 0) is 18.4 Å². The smallest absolute Gasteiger partial charge is 0.0654 e. The van der Waals surface area contributed by atoms with Gasteiger partial charge in [-0.25, -0.2) is 0 Å². The third-order valence-corrected chi connectivity index (χ3v) is 1.87. The number of aryl methyl sites for hydroxylation is 1. The van der Waals surface area contributed by atoms with Crippen LogP contribution in [0.5, 0.6) is 0 Å². The van der Waals surface area contributed by atoms with Crippen molar-refractivity contribution in [1.82, 2.24) is 0 Å². The van der Waals surface area contributed by atoms with Crippen LogP contribution in [0.4, 0.5) is 5.69 Å². The van der Waals surface area contributed by atoms with Gasteiger partial charge in [-0.1, -0.05) is 25.5 Å². The van der Waals surface area contributed by atoms with Gasteiger partial charge in [0.2, 0.25) is 5.39 Å². The van der Waals surface area contributed by atoms with E-state index in [0.29, 0.717) is 5.69 Å². The predicted octanol–water partition coefficient (Wildman–Crippen LogP) is 3.51. The largest absolute Gasteiger partial charge is 0.385 e. The average Bonchev–Trinajstić information content (AvgIpc) is 2.15. The van der Waals surface area contributed by atoms with E-state index in [2.05, 4.69) is 11.9 Å². The van der Waals surface area contributed by atoms with E-state index in [1.165, 1.54) is 18.4 Å². The van der Waals surface area contributed by atoms with Gasteiger partial charge < -0.3 is 0 Å². The summed E-state index contributed by atoms with van der Waals surface area (Å²) in [4.78, 5) is 3.09. The van der Waals surface area contributed by atoms with Crippen LogP contribution in [0.15, 0.2) is 24.3 Å². The van der Waals surface area contributed by atoms with Crippen molar-refractivity contribution in [2.75, 3.05) is 0 Å². The molecule has 0 amide bonds. The number of hydrogen-bond acceptors (Lipinski definition) is 1. The number of nitrogens with zero attached hydrogens (tertiary/aromatic N) is 2. The van der Waals surface area contributed by atoms with Crippen LogP contribution < -0.4 is 0 Å². The zero-order chi connectivity index (χ0) is 8.81. The first-order valence-electron chi connectivity index (χ1n) is 4.31. The lowest BCUT2D eigenvalue weighted by Gasteiger charge is -1.95. The van der Waals surface area contributed by atoms with Crippen LogP contribution in [0, 0.1) is 5.39 Å². The van der Waals surface area contributed by atoms with Gasteiger partial charge in [0.1, 0.15) is 0 Å². The second kappa shape index (κ2) is 4.50. The van der Waals surface area contributed by atoms with Gasteiger partial charge >= 0.3 is 5.69 Å². The maximum Gasteiger partial charge on any atom is 0.385 e. The molecule has 0 saturated carbocycles. The number of diazo groups is 1. The van der Waals surface area contributed by atoms with Crippen molar-refractivity contribution in [3.8, 4) is 0 Å². The summed E-state index contributed by atoms with van der Waals surface area (Å²) in [6, 6.07) is 7.66. The molecule has 0 fully saturated rings. The van der Waals surface area contributed by atoms with E-state index in [1.807, 2.05) is 24.3 Å². The fraction of sp³-hybridized carbons (Fsp3) is 0.400. The van der Waals surface area contributed by atoms with E-state index in [4.69, 9.17) is 5.39 Å². The second-order valence-corrected chi connectivity index (χ2v) is 2.87.